The average molecular weight is 277 g/mol. The number of imidazole rings is 1. The molecule has 3 heterocycles. The summed E-state index contributed by atoms with van der Waals surface area (Å²) in [5, 5.41) is 2.75. The molecular weight excluding hydrogens is 258 g/mol. The van der Waals surface area contributed by atoms with Gasteiger partial charge in [0.05, 0.1) is 12.0 Å². The minimum absolute atomic E-state index is 0.0123. The fraction of sp³-hybridized carbons (Fsp3) is 0.615. The van der Waals surface area contributed by atoms with E-state index in [1.165, 1.54) is 0 Å². The van der Waals surface area contributed by atoms with Crippen LogP contribution in [0.5, 0.6) is 0 Å². The van der Waals surface area contributed by atoms with Crippen molar-refractivity contribution in [1.82, 2.24) is 19.4 Å². The van der Waals surface area contributed by atoms with E-state index in [-0.39, 0.29) is 23.5 Å². The zero-order valence-electron chi connectivity index (χ0n) is 12.0. The molecule has 0 atom stereocenters. The largest absolute Gasteiger partial charge is 0.325 e. The maximum Gasteiger partial charge on any atom is 0.320 e. The van der Waals surface area contributed by atoms with Gasteiger partial charge in [-0.2, -0.15) is 0 Å². The summed E-state index contributed by atoms with van der Waals surface area (Å²) in [7, 11) is 1.80. The summed E-state index contributed by atoms with van der Waals surface area (Å²) in [6.45, 7) is 5.07. The molecule has 7 heteroatoms. The van der Waals surface area contributed by atoms with Crippen LogP contribution in [0.4, 0.5) is 10.7 Å². The van der Waals surface area contributed by atoms with Crippen LogP contribution >= 0.6 is 0 Å². The second-order valence-corrected chi connectivity index (χ2v) is 5.91. The van der Waals surface area contributed by atoms with E-state index in [0.717, 1.165) is 0 Å². The van der Waals surface area contributed by atoms with Crippen LogP contribution in [-0.4, -0.2) is 57.5 Å². The molecule has 0 saturated carbocycles. The van der Waals surface area contributed by atoms with Crippen LogP contribution in [0, 0.1) is 0 Å². The zero-order chi connectivity index (χ0) is 14.5. The number of nitrogens with one attached hydrogen (secondary N) is 1. The second kappa shape index (κ2) is 4.22. The molecule has 108 valence electrons. The van der Waals surface area contributed by atoms with Crippen molar-refractivity contribution >= 4 is 17.9 Å². The molecule has 3 amide bonds. The van der Waals surface area contributed by atoms with Crippen molar-refractivity contribution in [1.29, 1.82) is 0 Å². The van der Waals surface area contributed by atoms with Gasteiger partial charge in [0.1, 0.15) is 0 Å². The lowest BCUT2D eigenvalue weighted by molar-refractivity contribution is -0.121. The number of rotatable bonds is 1. The molecule has 1 spiro atoms. The Morgan fingerprint density at radius 2 is 2.20 bits per heavy atom. The Morgan fingerprint density at radius 3 is 2.85 bits per heavy atom. The maximum atomic E-state index is 12.3. The third kappa shape index (κ3) is 1.76. The number of urea groups is 1. The molecule has 1 aromatic rings. The lowest BCUT2D eigenvalue weighted by atomic mass is 9.84. The molecule has 2 aliphatic heterocycles. The third-order valence-electron chi connectivity index (χ3n) is 4.21. The number of likely N-dealkylation sites (tertiary alicyclic amines) is 1. The van der Waals surface area contributed by atoms with Gasteiger partial charge < -0.3 is 14.4 Å². The van der Waals surface area contributed by atoms with Gasteiger partial charge in [-0.25, -0.2) is 9.78 Å². The van der Waals surface area contributed by atoms with Gasteiger partial charge in [-0.3, -0.25) is 10.1 Å². The first-order chi connectivity index (χ1) is 9.43. The molecule has 7 nitrogen and oxygen atoms in total. The zero-order valence-corrected chi connectivity index (χ0v) is 12.0. The Hall–Kier alpha value is -2.05. The van der Waals surface area contributed by atoms with Crippen LogP contribution in [0.1, 0.15) is 20.3 Å². The van der Waals surface area contributed by atoms with Gasteiger partial charge in [-0.15, -0.1) is 0 Å². The van der Waals surface area contributed by atoms with Crippen molar-refractivity contribution in [3.8, 4) is 0 Å². The summed E-state index contributed by atoms with van der Waals surface area (Å²) in [6.07, 6.45) is 3.93. The minimum atomic E-state index is -0.318. The van der Waals surface area contributed by atoms with Crippen molar-refractivity contribution in [3.63, 3.8) is 0 Å². The van der Waals surface area contributed by atoms with Crippen molar-refractivity contribution in [3.05, 3.63) is 12.4 Å². The van der Waals surface area contributed by atoms with Gasteiger partial charge in [0.2, 0.25) is 11.9 Å². The summed E-state index contributed by atoms with van der Waals surface area (Å²) >= 11 is 0. The molecule has 0 unspecified atom stereocenters. The summed E-state index contributed by atoms with van der Waals surface area (Å²) in [4.78, 5) is 31.7. The predicted molar refractivity (Wildman–Crippen MR) is 73.3 cm³/mol. The monoisotopic (exact) mass is 277 g/mol. The average Bonchev–Trinajstić information content (AvgIpc) is 2.81. The third-order valence-corrected chi connectivity index (χ3v) is 4.21. The number of carbonyl (C=O) groups is 2. The first kappa shape index (κ1) is 13.0. The van der Waals surface area contributed by atoms with Gasteiger partial charge in [-0.05, 0) is 13.8 Å². The van der Waals surface area contributed by atoms with Crippen LogP contribution in [0.3, 0.4) is 0 Å². The number of aromatic nitrogens is 2. The van der Waals surface area contributed by atoms with Gasteiger partial charge in [0.15, 0.2) is 0 Å². The topological polar surface area (TPSA) is 70.5 Å². The molecule has 1 aromatic heterocycles. The van der Waals surface area contributed by atoms with E-state index < -0.39 is 0 Å². The fourth-order valence-corrected chi connectivity index (χ4v) is 2.84. The van der Waals surface area contributed by atoms with Crippen LogP contribution < -0.4 is 5.32 Å². The van der Waals surface area contributed by atoms with E-state index in [2.05, 4.69) is 10.3 Å². The first-order valence-corrected chi connectivity index (χ1v) is 6.78. The molecule has 0 radical (unpaired) electrons. The second-order valence-electron chi connectivity index (χ2n) is 5.91. The number of carbonyl (C=O) groups excluding carboxylic acids is 2. The predicted octanol–water partition coefficient (Wildman–Crippen LogP) is 0.696. The molecule has 1 N–H and O–H groups in total. The molecule has 2 aliphatic rings. The number of hydrogen-bond donors (Lipinski definition) is 1. The Kier molecular flexibility index (Phi) is 2.74. The number of fused-ring (bicyclic) bond motifs is 2. The Morgan fingerprint density at radius 1 is 1.50 bits per heavy atom. The van der Waals surface area contributed by atoms with E-state index in [9.17, 15) is 9.59 Å². The van der Waals surface area contributed by atoms with Crippen molar-refractivity contribution in [2.24, 2.45) is 0 Å². The Bertz CT molecular complexity index is 559. The molecular formula is C13H19N5O2. The standard InChI is InChI=1S/C13H19N5O2/c1-9(2)16(3)12(20)17-7-13(8-17)6-10(19)15-11-14-4-5-18(11)13/h4-5,9H,6-8H2,1-3H3,(H,14,15,19). The molecule has 1 saturated heterocycles. The summed E-state index contributed by atoms with van der Waals surface area (Å²) in [6, 6.07) is 0.177. The minimum Gasteiger partial charge on any atom is -0.325 e. The highest BCUT2D eigenvalue weighted by molar-refractivity contribution is 5.92. The van der Waals surface area contributed by atoms with E-state index in [4.69, 9.17) is 0 Å². The summed E-state index contributed by atoms with van der Waals surface area (Å²) in [5.74, 6) is 0.540. The van der Waals surface area contributed by atoms with Gasteiger partial charge >= 0.3 is 6.03 Å². The van der Waals surface area contributed by atoms with E-state index >= 15 is 0 Å². The Balaban J connectivity index is 1.77. The fourth-order valence-electron chi connectivity index (χ4n) is 2.84. The quantitative estimate of drug-likeness (QED) is 0.821. The smallest absolute Gasteiger partial charge is 0.320 e. The molecule has 1 fully saturated rings. The summed E-state index contributed by atoms with van der Waals surface area (Å²) < 4.78 is 1.98. The van der Waals surface area contributed by atoms with E-state index in [1.807, 2.05) is 24.6 Å². The lowest BCUT2D eigenvalue weighted by Gasteiger charge is -2.53. The molecule has 3 rings (SSSR count). The number of hydrogen-bond acceptors (Lipinski definition) is 3. The highest BCUT2D eigenvalue weighted by atomic mass is 16.2. The van der Waals surface area contributed by atoms with E-state index in [1.54, 1.807) is 23.0 Å². The summed E-state index contributed by atoms with van der Waals surface area (Å²) in [5.41, 5.74) is -0.318. The number of amides is 3. The molecule has 0 bridgehead atoms. The lowest BCUT2D eigenvalue weighted by Crippen LogP contribution is -2.68. The van der Waals surface area contributed by atoms with Crippen molar-refractivity contribution in [2.45, 2.75) is 31.8 Å². The highest BCUT2D eigenvalue weighted by Crippen LogP contribution is 2.38. The molecule has 0 aliphatic carbocycles. The molecule has 0 aromatic carbocycles. The molecule has 20 heavy (non-hydrogen) atoms. The van der Waals surface area contributed by atoms with Crippen molar-refractivity contribution < 1.29 is 9.59 Å². The van der Waals surface area contributed by atoms with Crippen LogP contribution in [0.25, 0.3) is 0 Å². The number of anilines is 1. The number of nitrogens with zero attached hydrogens (tertiary/aromatic N) is 4. The van der Waals surface area contributed by atoms with Gasteiger partial charge in [-0.1, -0.05) is 0 Å². The SMILES string of the molecule is CC(C)N(C)C(=O)N1CC2(CC(=O)Nc3nccn32)C1. The van der Waals surface area contributed by atoms with Crippen molar-refractivity contribution in [2.75, 3.05) is 25.5 Å². The normalized spacial score (nSPS) is 19.6. The first-order valence-electron chi connectivity index (χ1n) is 6.78. The highest BCUT2D eigenvalue weighted by Gasteiger charge is 2.51. The maximum absolute atomic E-state index is 12.3. The van der Waals surface area contributed by atoms with E-state index in [0.29, 0.717) is 25.5 Å². The van der Waals surface area contributed by atoms with Gasteiger partial charge in [0, 0.05) is 38.6 Å². The van der Waals surface area contributed by atoms with Crippen LogP contribution in [-0.2, 0) is 10.3 Å². The van der Waals surface area contributed by atoms with Crippen LogP contribution in [0.2, 0.25) is 0 Å². The van der Waals surface area contributed by atoms with Crippen LogP contribution in [0.15, 0.2) is 12.4 Å². The Labute approximate surface area is 117 Å². The van der Waals surface area contributed by atoms with Gasteiger partial charge in [0.25, 0.3) is 0 Å².